The second-order valence-electron chi connectivity index (χ2n) is 5.71. The van der Waals surface area contributed by atoms with Gasteiger partial charge in [-0.15, -0.1) is 0 Å². The molecule has 0 saturated carbocycles. The molecule has 0 radical (unpaired) electrons. The summed E-state index contributed by atoms with van der Waals surface area (Å²) in [5.74, 6) is -2.47. The van der Waals surface area contributed by atoms with E-state index in [0.29, 0.717) is 12.8 Å². The van der Waals surface area contributed by atoms with Crippen LogP contribution >= 0.6 is 0 Å². The molecule has 0 aromatic heterocycles. The number of carboxylic acid groups (broad SMARTS) is 1. The minimum Gasteiger partial charge on any atom is -0.481 e. The average molecular weight is 363 g/mol. The Morgan fingerprint density at radius 1 is 1.28 bits per heavy atom. The third kappa shape index (κ3) is 4.61. The van der Waals surface area contributed by atoms with Gasteiger partial charge < -0.3 is 14.7 Å². The van der Waals surface area contributed by atoms with Crippen molar-refractivity contribution in [3.63, 3.8) is 0 Å². The number of para-hydroxylation sites is 1. The second-order valence-corrected chi connectivity index (χ2v) is 5.71. The Balaban J connectivity index is 2.28. The van der Waals surface area contributed by atoms with Crippen molar-refractivity contribution in [2.45, 2.75) is 44.3 Å². The summed E-state index contributed by atoms with van der Waals surface area (Å²) in [5.41, 5.74) is -0.305. The molecule has 2 rings (SSSR count). The monoisotopic (exact) mass is 363 g/mol. The standard InChI is InChI=1S/C16H17F4NO4/c17-15(18)16(19,20)25-12-7-2-1-6-11(12)14(24)21-8-4-3-5-10(21)9-13(22)23/h1-2,6-7,10,15H,3-5,8-9H2,(H,22,23)/t10-/m0/s1. The number of hydrogen-bond acceptors (Lipinski definition) is 3. The number of benzene rings is 1. The van der Waals surface area contributed by atoms with Gasteiger partial charge in [-0.3, -0.25) is 9.59 Å². The number of carboxylic acids is 1. The topological polar surface area (TPSA) is 66.8 Å². The molecule has 138 valence electrons. The zero-order valence-electron chi connectivity index (χ0n) is 13.1. The van der Waals surface area contributed by atoms with Crippen molar-refractivity contribution in [3.05, 3.63) is 29.8 Å². The van der Waals surface area contributed by atoms with Crippen LogP contribution in [-0.4, -0.2) is 47.0 Å². The number of nitrogens with zero attached hydrogens (tertiary/aromatic N) is 1. The average Bonchev–Trinajstić information content (AvgIpc) is 2.54. The fourth-order valence-electron chi connectivity index (χ4n) is 2.76. The Bertz CT molecular complexity index is 638. The molecule has 1 aromatic carbocycles. The smallest absolute Gasteiger partial charge is 0.461 e. The first kappa shape index (κ1) is 19.0. The molecule has 5 nitrogen and oxygen atoms in total. The van der Waals surface area contributed by atoms with E-state index >= 15 is 0 Å². The largest absolute Gasteiger partial charge is 0.481 e. The van der Waals surface area contributed by atoms with Crippen molar-refractivity contribution in [2.75, 3.05) is 6.54 Å². The number of alkyl halides is 4. The van der Waals surface area contributed by atoms with Crippen LogP contribution in [0.3, 0.4) is 0 Å². The van der Waals surface area contributed by atoms with Gasteiger partial charge in [-0.25, -0.2) is 0 Å². The summed E-state index contributed by atoms with van der Waals surface area (Å²) < 4.78 is 55.2. The number of aliphatic carboxylic acids is 1. The zero-order valence-corrected chi connectivity index (χ0v) is 13.1. The molecule has 1 amide bonds. The van der Waals surface area contributed by atoms with Gasteiger partial charge in [0.15, 0.2) is 0 Å². The van der Waals surface area contributed by atoms with Gasteiger partial charge in [-0.1, -0.05) is 12.1 Å². The minimum atomic E-state index is -4.74. The molecule has 0 spiro atoms. The van der Waals surface area contributed by atoms with Gasteiger partial charge in [0.25, 0.3) is 5.91 Å². The SMILES string of the molecule is O=C(O)C[C@@H]1CCCCN1C(=O)c1ccccc1OC(F)(F)C(F)F. The molecule has 1 aromatic rings. The highest BCUT2D eigenvalue weighted by Crippen LogP contribution is 2.31. The van der Waals surface area contributed by atoms with Gasteiger partial charge in [0.2, 0.25) is 0 Å². The lowest BCUT2D eigenvalue weighted by Crippen LogP contribution is -2.45. The zero-order chi connectivity index (χ0) is 18.6. The Labute approximate surface area is 141 Å². The first-order valence-electron chi connectivity index (χ1n) is 7.69. The highest BCUT2D eigenvalue weighted by Gasteiger charge is 2.45. The fraction of sp³-hybridized carbons (Fsp3) is 0.500. The molecular weight excluding hydrogens is 346 g/mol. The second kappa shape index (κ2) is 7.71. The molecule has 0 unspecified atom stereocenters. The van der Waals surface area contributed by atoms with Crippen LogP contribution in [0.4, 0.5) is 17.6 Å². The van der Waals surface area contributed by atoms with E-state index in [1.54, 1.807) is 0 Å². The van der Waals surface area contributed by atoms with Crippen molar-refractivity contribution in [1.82, 2.24) is 4.90 Å². The van der Waals surface area contributed by atoms with Gasteiger partial charge >= 0.3 is 18.5 Å². The van der Waals surface area contributed by atoms with Crippen molar-refractivity contribution < 1.29 is 37.0 Å². The van der Waals surface area contributed by atoms with Gasteiger partial charge in [-0.2, -0.15) is 17.6 Å². The van der Waals surface area contributed by atoms with Crippen molar-refractivity contribution >= 4 is 11.9 Å². The lowest BCUT2D eigenvalue weighted by molar-refractivity contribution is -0.253. The molecule has 1 saturated heterocycles. The van der Waals surface area contributed by atoms with E-state index in [0.717, 1.165) is 12.5 Å². The number of piperidine rings is 1. The normalized spacial score (nSPS) is 18.3. The maximum Gasteiger partial charge on any atom is 0.461 e. The van der Waals surface area contributed by atoms with Crippen LogP contribution in [0.25, 0.3) is 0 Å². The molecule has 1 aliphatic rings. The summed E-state index contributed by atoms with van der Waals surface area (Å²) in [5, 5.41) is 8.96. The van der Waals surface area contributed by atoms with E-state index in [9.17, 15) is 27.2 Å². The van der Waals surface area contributed by atoms with E-state index in [4.69, 9.17) is 5.11 Å². The summed E-state index contributed by atoms with van der Waals surface area (Å²) in [6, 6.07) is 4.27. The van der Waals surface area contributed by atoms with Crippen LogP contribution < -0.4 is 4.74 Å². The quantitative estimate of drug-likeness (QED) is 0.787. The predicted molar refractivity (Wildman–Crippen MR) is 78.9 cm³/mol. The lowest BCUT2D eigenvalue weighted by Gasteiger charge is -2.35. The number of likely N-dealkylation sites (tertiary alicyclic amines) is 1. The number of amides is 1. The molecule has 1 atom stereocenters. The summed E-state index contributed by atoms with van der Waals surface area (Å²) in [6.07, 6.45) is -7.22. The van der Waals surface area contributed by atoms with Crippen LogP contribution in [0.5, 0.6) is 5.75 Å². The number of rotatable bonds is 6. The number of carbonyl (C=O) groups excluding carboxylic acids is 1. The summed E-state index contributed by atoms with van der Waals surface area (Å²) in [4.78, 5) is 24.9. The summed E-state index contributed by atoms with van der Waals surface area (Å²) in [6.45, 7) is 0.260. The Morgan fingerprint density at radius 3 is 2.60 bits per heavy atom. The van der Waals surface area contributed by atoms with Crippen LogP contribution in [0.2, 0.25) is 0 Å². The molecular formula is C16H17F4NO4. The van der Waals surface area contributed by atoms with Gasteiger partial charge in [-0.05, 0) is 31.4 Å². The summed E-state index contributed by atoms with van der Waals surface area (Å²) >= 11 is 0. The van der Waals surface area contributed by atoms with E-state index in [1.807, 2.05) is 0 Å². The number of carbonyl (C=O) groups is 2. The predicted octanol–water partition coefficient (Wildman–Crippen LogP) is 3.39. The summed E-state index contributed by atoms with van der Waals surface area (Å²) in [7, 11) is 0. The molecule has 0 aliphatic carbocycles. The molecule has 0 bridgehead atoms. The Morgan fingerprint density at radius 2 is 1.96 bits per heavy atom. The molecule has 1 N–H and O–H groups in total. The van der Waals surface area contributed by atoms with E-state index in [2.05, 4.69) is 4.74 Å². The van der Waals surface area contributed by atoms with Crippen LogP contribution in [-0.2, 0) is 4.79 Å². The third-order valence-electron chi connectivity index (χ3n) is 3.92. The fourth-order valence-corrected chi connectivity index (χ4v) is 2.76. The number of hydrogen-bond donors (Lipinski definition) is 1. The van der Waals surface area contributed by atoms with Crippen molar-refractivity contribution in [3.8, 4) is 5.75 Å². The lowest BCUT2D eigenvalue weighted by atomic mass is 9.98. The van der Waals surface area contributed by atoms with Crippen molar-refractivity contribution in [1.29, 1.82) is 0 Å². The maximum atomic E-state index is 13.2. The maximum absolute atomic E-state index is 13.2. The molecule has 25 heavy (non-hydrogen) atoms. The first-order chi connectivity index (χ1) is 11.7. The van der Waals surface area contributed by atoms with Crippen molar-refractivity contribution in [2.24, 2.45) is 0 Å². The molecule has 1 heterocycles. The van der Waals surface area contributed by atoms with E-state index in [-0.39, 0.29) is 18.5 Å². The third-order valence-corrected chi connectivity index (χ3v) is 3.92. The molecule has 1 fully saturated rings. The van der Waals surface area contributed by atoms with Gasteiger partial charge in [0.05, 0.1) is 12.0 Å². The molecule has 1 aliphatic heterocycles. The minimum absolute atomic E-state index is 0.260. The Kier molecular flexibility index (Phi) is 5.86. The van der Waals surface area contributed by atoms with Gasteiger partial charge in [0.1, 0.15) is 5.75 Å². The van der Waals surface area contributed by atoms with Gasteiger partial charge in [0, 0.05) is 12.6 Å². The highest BCUT2D eigenvalue weighted by atomic mass is 19.3. The van der Waals surface area contributed by atoms with Crippen LogP contribution in [0.15, 0.2) is 24.3 Å². The van der Waals surface area contributed by atoms with Crippen LogP contribution in [0, 0.1) is 0 Å². The number of ether oxygens (including phenoxy) is 1. The van der Waals surface area contributed by atoms with E-state index in [1.165, 1.54) is 23.1 Å². The van der Waals surface area contributed by atoms with E-state index < -0.39 is 36.2 Å². The van der Waals surface area contributed by atoms with Crippen LogP contribution in [0.1, 0.15) is 36.0 Å². The number of halogens is 4. The highest BCUT2D eigenvalue weighted by molar-refractivity contribution is 5.97. The Hall–Kier alpha value is -2.32. The first-order valence-corrected chi connectivity index (χ1v) is 7.69. The molecule has 9 heteroatoms.